The molecule has 1 amide bonds. The second-order valence-corrected chi connectivity index (χ2v) is 2.78. The van der Waals surface area contributed by atoms with Gasteiger partial charge in [-0.1, -0.05) is 0 Å². The molecule has 12 heavy (non-hydrogen) atoms. The highest BCUT2D eigenvalue weighted by Crippen LogP contribution is 2.18. The number of carbonyl (C=O) groups excluding carboxylic acids is 1. The van der Waals surface area contributed by atoms with Gasteiger partial charge in [-0.25, -0.2) is 0 Å². The second-order valence-electron chi connectivity index (χ2n) is 2.78. The van der Waals surface area contributed by atoms with Crippen LogP contribution in [0.3, 0.4) is 0 Å². The fourth-order valence-corrected chi connectivity index (χ4v) is 1.29. The van der Waals surface area contributed by atoms with Crippen LogP contribution in [0.5, 0.6) is 0 Å². The van der Waals surface area contributed by atoms with Crippen molar-refractivity contribution in [2.24, 2.45) is 12.8 Å². The maximum absolute atomic E-state index is 11.3. The quantitative estimate of drug-likeness (QED) is 0.483. The summed E-state index contributed by atoms with van der Waals surface area (Å²) in [6.07, 6.45) is 1.33. The molecule has 2 rings (SSSR count). The van der Waals surface area contributed by atoms with Crippen LogP contribution in [0, 0.1) is 0 Å². The number of nitrogens with zero attached hydrogens (tertiary/aromatic N) is 1. The topological polar surface area (TPSA) is 72.1 Å². The summed E-state index contributed by atoms with van der Waals surface area (Å²) in [7, 11) is 1.86. The molecule has 5 nitrogen and oxygen atoms in total. The number of rotatable bonds is 0. The molecule has 4 N–H and O–H groups in total. The largest absolute Gasteiger partial charge is 0.339 e. The van der Waals surface area contributed by atoms with E-state index in [9.17, 15) is 4.79 Å². The summed E-state index contributed by atoms with van der Waals surface area (Å²) in [5.74, 6) is 0.642. The maximum atomic E-state index is 11.3. The number of aromatic nitrogens is 1. The van der Waals surface area contributed by atoms with Crippen LogP contribution in [0.2, 0.25) is 0 Å². The van der Waals surface area contributed by atoms with Crippen LogP contribution < -0.4 is 16.4 Å². The summed E-state index contributed by atoms with van der Waals surface area (Å²) >= 11 is 0. The van der Waals surface area contributed by atoms with Gasteiger partial charge in [0.05, 0.1) is 5.56 Å². The Bertz CT molecular complexity index is 330. The number of aryl methyl sites for hydroxylation is 1. The molecular weight excluding hydrogens is 156 g/mol. The molecule has 0 radical (unpaired) electrons. The third kappa shape index (κ3) is 0.868. The summed E-state index contributed by atoms with van der Waals surface area (Å²) in [6.45, 7) is 0. The van der Waals surface area contributed by atoms with Crippen molar-refractivity contribution in [2.45, 2.75) is 6.29 Å². The molecule has 1 aliphatic rings. The number of anilines is 1. The molecule has 1 atom stereocenters. The highest BCUT2D eigenvalue weighted by Gasteiger charge is 2.22. The monoisotopic (exact) mass is 166 g/mol. The standard InChI is InChI=1S/C7H10N4O/c1-11-3-2-4-5(11)9-7(8)10-6(4)12/h2-3,7,9H,8H2,1H3,(H,10,12)/t7-/m0/s1. The van der Waals surface area contributed by atoms with Crippen LogP contribution in [-0.2, 0) is 7.05 Å². The maximum Gasteiger partial charge on any atom is 0.257 e. The zero-order chi connectivity index (χ0) is 8.72. The van der Waals surface area contributed by atoms with Crippen molar-refractivity contribution in [3.05, 3.63) is 17.8 Å². The first kappa shape index (κ1) is 7.17. The highest BCUT2D eigenvalue weighted by molar-refractivity contribution is 6.00. The molecule has 1 aliphatic heterocycles. The summed E-state index contributed by atoms with van der Waals surface area (Å²) in [5, 5.41) is 5.51. The Morgan fingerprint density at radius 1 is 1.58 bits per heavy atom. The van der Waals surface area contributed by atoms with E-state index in [4.69, 9.17) is 5.73 Å². The Hall–Kier alpha value is -1.49. The molecule has 1 aromatic rings. The van der Waals surface area contributed by atoms with Gasteiger partial charge < -0.3 is 15.2 Å². The lowest BCUT2D eigenvalue weighted by Crippen LogP contribution is -2.50. The van der Waals surface area contributed by atoms with Gasteiger partial charge in [0.2, 0.25) is 0 Å². The van der Waals surface area contributed by atoms with Crippen LogP contribution in [0.15, 0.2) is 12.3 Å². The zero-order valence-electron chi connectivity index (χ0n) is 6.66. The molecule has 0 aromatic carbocycles. The Morgan fingerprint density at radius 2 is 2.33 bits per heavy atom. The van der Waals surface area contributed by atoms with Gasteiger partial charge in [0, 0.05) is 13.2 Å². The Balaban J connectivity index is 2.50. The Morgan fingerprint density at radius 3 is 3.08 bits per heavy atom. The normalized spacial score (nSPS) is 21.2. The lowest BCUT2D eigenvalue weighted by Gasteiger charge is -2.23. The van der Waals surface area contributed by atoms with Crippen molar-refractivity contribution < 1.29 is 4.79 Å². The lowest BCUT2D eigenvalue weighted by atomic mass is 10.2. The molecule has 2 heterocycles. The van der Waals surface area contributed by atoms with Crippen molar-refractivity contribution in [1.82, 2.24) is 9.88 Å². The Kier molecular flexibility index (Phi) is 1.34. The van der Waals surface area contributed by atoms with Gasteiger partial charge in [-0.2, -0.15) is 0 Å². The molecule has 0 unspecified atom stereocenters. The van der Waals surface area contributed by atoms with Crippen LogP contribution in [0.4, 0.5) is 5.82 Å². The van der Waals surface area contributed by atoms with Gasteiger partial charge in [-0.3, -0.25) is 10.5 Å². The molecule has 0 aliphatic carbocycles. The van der Waals surface area contributed by atoms with E-state index >= 15 is 0 Å². The van der Waals surface area contributed by atoms with E-state index in [0.29, 0.717) is 5.56 Å². The highest BCUT2D eigenvalue weighted by atomic mass is 16.2. The number of fused-ring (bicyclic) bond motifs is 1. The van der Waals surface area contributed by atoms with Crippen LogP contribution in [0.1, 0.15) is 10.4 Å². The van der Waals surface area contributed by atoms with Gasteiger partial charge >= 0.3 is 0 Å². The lowest BCUT2D eigenvalue weighted by molar-refractivity contribution is 0.0937. The van der Waals surface area contributed by atoms with E-state index in [-0.39, 0.29) is 5.91 Å². The van der Waals surface area contributed by atoms with Gasteiger partial charge in [-0.05, 0) is 6.07 Å². The van der Waals surface area contributed by atoms with E-state index < -0.39 is 6.29 Å². The predicted molar refractivity (Wildman–Crippen MR) is 44.5 cm³/mol. The Labute approximate surface area is 69.5 Å². The summed E-state index contributed by atoms with van der Waals surface area (Å²) in [5.41, 5.74) is 6.15. The summed E-state index contributed by atoms with van der Waals surface area (Å²) in [6, 6.07) is 1.75. The zero-order valence-corrected chi connectivity index (χ0v) is 6.66. The molecule has 1 aromatic heterocycles. The molecular formula is C7H10N4O. The number of hydrogen-bond acceptors (Lipinski definition) is 3. The predicted octanol–water partition coefficient (Wildman–Crippen LogP) is -0.577. The first-order valence-electron chi connectivity index (χ1n) is 3.67. The van der Waals surface area contributed by atoms with Gasteiger partial charge in [0.25, 0.3) is 5.91 Å². The SMILES string of the molecule is Cn1ccc2c1N[C@H](N)NC2=O. The molecule has 0 fully saturated rings. The fourth-order valence-electron chi connectivity index (χ4n) is 1.29. The minimum atomic E-state index is -0.487. The summed E-state index contributed by atoms with van der Waals surface area (Å²) in [4.78, 5) is 11.3. The van der Waals surface area contributed by atoms with Gasteiger partial charge in [0.15, 0.2) is 6.29 Å². The number of amides is 1. The van der Waals surface area contributed by atoms with Crippen molar-refractivity contribution in [1.29, 1.82) is 0 Å². The van der Waals surface area contributed by atoms with Gasteiger partial charge in [0.1, 0.15) is 5.82 Å². The molecule has 0 spiro atoms. The molecule has 0 saturated heterocycles. The van der Waals surface area contributed by atoms with Crippen molar-refractivity contribution in [2.75, 3.05) is 5.32 Å². The average Bonchev–Trinajstić information content (AvgIpc) is 2.33. The van der Waals surface area contributed by atoms with E-state index in [1.54, 1.807) is 6.07 Å². The number of carbonyl (C=O) groups is 1. The first-order valence-corrected chi connectivity index (χ1v) is 3.67. The summed E-state index contributed by atoms with van der Waals surface area (Å²) < 4.78 is 1.83. The minimum Gasteiger partial charge on any atom is -0.339 e. The van der Waals surface area contributed by atoms with Crippen LogP contribution in [0.25, 0.3) is 0 Å². The fraction of sp³-hybridized carbons (Fsp3) is 0.286. The minimum absolute atomic E-state index is 0.128. The molecule has 64 valence electrons. The third-order valence-corrected chi connectivity index (χ3v) is 1.90. The molecule has 0 bridgehead atoms. The van der Waals surface area contributed by atoms with E-state index in [1.165, 1.54) is 0 Å². The van der Waals surface area contributed by atoms with E-state index in [1.807, 2.05) is 17.8 Å². The molecule has 0 saturated carbocycles. The number of nitrogens with one attached hydrogen (secondary N) is 2. The number of nitrogens with two attached hydrogens (primary N) is 1. The van der Waals surface area contributed by atoms with Crippen molar-refractivity contribution in [3.8, 4) is 0 Å². The van der Waals surface area contributed by atoms with Crippen LogP contribution >= 0.6 is 0 Å². The number of hydrogen-bond donors (Lipinski definition) is 3. The second kappa shape index (κ2) is 2.25. The van der Waals surface area contributed by atoms with Crippen molar-refractivity contribution >= 4 is 11.7 Å². The molecule has 5 heteroatoms. The van der Waals surface area contributed by atoms with Crippen LogP contribution in [-0.4, -0.2) is 16.8 Å². The van der Waals surface area contributed by atoms with E-state index in [0.717, 1.165) is 5.82 Å². The first-order chi connectivity index (χ1) is 5.68. The average molecular weight is 166 g/mol. The van der Waals surface area contributed by atoms with E-state index in [2.05, 4.69) is 10.6 Å². The smallest absolute Gasteiger partial charge is 0.257 e. The third-order valence-electron chi connectivity index (χ3n) is 1.90. The van der Waals surface area contributed by atoms with Crippen molar-refractivity contribution in [3.63, 3.8) is 0 Å². The van der Waals surface area contributed by atoms with Gasteiger partial charge in [-0.15, -0.1) is 0 Å².